The predicted molar refractivity (Wildman–Crippen MR) is 85.3 cm³/mol. The molecule has 0 fully saturated rings. The molecule has 102 valence electrons. The number of carbonyl (C=O) groups excluding carboxylic acids is 1. The molecule has 0 saturated carbocycles. The zero-order valence-corrected chi connectivity index (χ0v) is 12.8. The molecular formula is C15H12INO3. The van der Waals surface area contributed by atoms with Gasteiger partial charge in [-0.2, -0.15) is 0 Å². The summed E-state index contributed by atoms with van der Waals surface area (Å²) in [4.78, 5) is 22.9. The molecule has 0 spiro atoms. The number of halogens is 1. The normalized spacial score (nSPS) is 10.1. The number of hydrogen-bond donors (Lipinski definition) is 2. The summed E-state index contributed by atoms with van der Waals surface area (Å²) in [5.74, 6) is -1.20. The lowest BCUT2D eigenvalue weighted by Gasteiger charge is -2.09. The maximum atomic E-state index is 12.1. The molecule has 0 aliphatic carbocycles. The molecule has 0 heterocycles. The van der Waals surface area contributed by atoms with Crippen molar-refractivity contribution in [2.24, 2.45) is 0 Å². The molecule has 0 atom stereocenters. The van der Waals surface area contributed by atoms with Crippen molar-refractivity contribution in [2.75, 3.05) is 5.32 Å². The second-order valence-corrected chi connectivity index (χ2v) is 5.54. The molecule has 0 aromatic heterocycles. The van der Waals surface area contributed by atoms with Crippen molar-refractivity contribution in [3.8, 4) is 0 Å². The lowest BCUT2D eigenvalue weighted by Crippen LogP contribution is -2.13. The van der Waals surface area contributed by atoms with Crippen LogP contribution in [0.15, 0.2) is 42.5 Å². The van der Waals surface area contributed by atoms with E-state index in [1.165, 1.54) is 12.1 Å². The summed E-state index contributed by atoms with van der Waals surface area (Å²) >= 11 is 2.17. The van der Waals surface area contributed by atoms with E-state index in [0.29, 0.717) is 16.8 Å². The molecule has 2 aromatic carbocycles. The van der Waals surface area contributed by atoms with Gasteiger partial charge in [0.2, 0.25) is 0 Å². The van der Waals surface area contributed by atoms with E-state index in [2.05, 4.69) is 27.9 Å². The Morgan fingerprint density at radius 3 is 2.20 bits per heavy atom. The minimum atomic E-state index is -0.983. The molecule has 0 aliphatic heterocycles. The van der Waals surface area contributed by atoms with Crippen LogP contribution in [0.5, 0.6) is 0 Å². The minimum absolute atomic E-state index is 0.203. The third-order valence-corrected chi connectivity index (χ3v) is 3.55. The van der Waals surface area contributed by atoms with Gasteiger partial charge in [-0.15, -0.1) is 0 Å². The quantitative estimate of drug-likeness (QED) is 0.800. The van der Waals surface area contributed by atoms with Crippen LogP contribution in [0.1, 0.15) is 26.3 Å². The van der Waals surface area contributed by atoms with Crippen LogP contribution in [0.25, 0.3) is 0 Å². The van der Waals surface area contributed by atoms with E-state index < -0.39 is 5.97 Å². The van der Waals surface area contributed by atoms with Crippen LogP contribution in [-0.4, -0.2) is 17.0 Å². The smallest absolute Gasteiger partial charge is 0.335 e. The van der Waals surface area contributed by atoms with Crippen molar-refractivity contribution in [1.29, 1.82) is 0 Å². The van der Waals surface area contributed by atoms with E-state index >= 15 is 0 Å². The van der Waals surface area contributed by atoms with Crippen molar-refractivity contribution in [3.63, 3.8) is 0 Å². The summed E-state index contributed by atoms with van der Waals surface area (Å²) in [6.45, 7) is 1.76. The van der Waals surface area contributed by atoms with Crippen LogP contribution in [-0.2, 0) is 0 Å². The van der Waals surface area contributed by atoms with Gasteiger partial charge in [-0.25, -0.2) is 4.79 Å². The molecule has 2 N–H and O–H groups in total. The third kappa shape index (κ3) is 3.36. The van der Waals surface area contributed by atoms with Crippen molar-refractivity contribution in [1.82, 2.24) is 0 Å². The van der Waals surface area contributed by atoms with Crippen LogP contribution in [0, 0.1) is 10.5 Å². The highest BCUT2D eigenvalue weighted by atomic mass is 127. The van der Waals surface area contributed by atoms with Crippen molar-refractivity contribution in [3.05, 3.63) is 62.7 Å². The standard InChI is InChI=1S/C15H12INO3/c1-9-8-11(15(19)20)4-7-13(9)17-14(18)10-2-5-12(16)6-3-10/h2-8H,1H3,(H,17,18)(H,19,20). The van der Waals surface area contributed by atoms with Gasteiger partial charge in [0, 0.05) is 14.8 Å². The topological polar surface area (TPSA) is 66.4 Å². The number of benzene rings is 2. The Hall–Kier alpha value is -1.89. The Labute approximate surface area is 130 Å². The molecule has 2 aromatic rings. The van der Waals surface area contributed by atoms with Gasteiger partial charge >= 0.3 is 5.97 Å². The van der Waals surface area contributed by atoms with Crippen LogP contribution in [0.4, 0.5) is 5.69 Å². The molecule has 0 aliphatic rings. The van der Waals surface area contributed by atoms with Crippen LogP contribution >= 0.6 is 22.6 Å². The SMILES string of the molecule is Cc1cc(C(=O)O)ccc1NC(=O)c1ccc(I)cc1. The highest BCUT2D eigenvalue weighted by molar-refractivity contribution is 14.1. The lowest BCUT2D eigenvalue weighted by atomic mass is 10.1. The number of carboxylic acid groups (broad SMARTS) is 1. The van der Waals surface area contributed by atoms with Gasteiger partial charge in [0.15, 0.2) is 0 Å². The van der Waals surface area contributed by atoms with Crippen LogP contribution in [0.2, 0.25) is 0 Å². The lowest BCUT2D eigenvalue weighted by molar-refractivity contribution is 0.0696. The number of amides is 1. The van der Waals surface area contributed by atoms with E-state index in [1.807, 2.05) is 12.1 Å². The highest BCUT2D eigenvalue weighted by Gasteiger charge is 2.09. The fraction of sp³-hybridized carbons (Fsp3) is 0.0667. The summed E-state index contributed by atoms with van der Waals surface area (Å²) in [6.07, 6.45) is 0. The molecule has 2 rings (SSSR count). The average Bonchev–Trinajstić information content (AvgIpc) is 2.41. The van der Waals surface area contributed by atoms with E-state index in [1.54, 1.807) is 25.1 Å². The Morgan fingerprint density at radius 1 is 1.05 bits per heavy atom. The molecule has 0 bridgehead atoms. The molecule has 0 saturated heterocycles. The Balaban J connectivity index is 2.19. The van der Waals surface area contributed by atoms with Gasteiger partial charge in [0.1, 0.15) is 0 Å². The number of rotatable bonds is 3. The monoisotopic (exact) mass is 381 g/mol. The first kappa shape index (κ1) is 14.5. The second-order valence-electron chi connectivity index (χ2n) is 4.30. The number of aromatic carboxylic acids is 1. The van der Waals surface area contributed by atoms with E-state index in [4.69, 9.17) is 5.11 Å². The summed E-state index contributed by atoms with van der Waals surface area (Å²) < 4.78 is 1.06. The number of carbonyl (C=O) groups is 2. The fourth-order valence-corrected chi connectivity index (χ4v) is 2.09. The van der Waals surface area contributed by atoms with Gasteiger partial charge in [0.05, 0.1) is 5.56 Å². The molecule has 0 radical (unpaired) electrons. The number of aryl methyl sites for hydroxylation is 1. The first-order chi connectivity index (χ1) is 9.47. The molecular weight excluding hydrogens is 369 g/mol. The molecule has 0 unspecified atom stereocenters. The first-order valence-corrected chi connectivity index (χ1v) is 6.96. The van der Waals surface area contributed by atoms with Gasteiger partial charge < -0.3 is 10.4 Å². The van der Waals surface area contributed by atoms with E-state index in [9.17, 15) is 9.59 Å². The third-order valence-electron chi connectivity index (χ3n) is 2.83. The zero-order chi connectivity index (χ0) is 14.7. The average molecular weight is 381 g/mol. The van der Waals surface area contributed by atoms with Crippen LogP contribution < -0.4 is 5.32 Å². The number of nitrogens with one attached hydrogen (secondary N) is 1. The van der Waals surface area contributed by atoms with Gasteiger partial charge in [-0.3, -0.25) is 4.79 Å². The number of hydrogen-bond acceptors (Lipinski definition) is 2. The van der Waals surface area contributed by atoms with Crippen molar-refractivity contribution >= 4 is 40.2 Å². The summed E-state index contributed by atoms with van der Waals surface area (Å²) in [6, 6.07) is 11.8. The van der Waals surface area contributed by atoms with Gasteiger partial charge in [-0.1, -0.05) is 0 Å². The summed E-state index contributed by atoms with van der Waals surface area (Å²) in [7, 11) is 0. The van der Waals surface area contributed by atoms with Crippen LogP contribution in [0.3, 0.4) is 0 Å². The predicted octanol–water partition coefficient (Wildman–Crippen LogP) is 3.55. The highest BCUT2D eigenvalue weighted by Crippen LogP contribution is 2.18. The molecule has 4 nitrogen and oxygen atoms in total. The Kier molecular flexibility index (Phi) is 4.39. The van der Waals surface area contributed by atoms with Crippen molar-refractivity contribution in [2.45, 2.75) is 6.92 Å². The Morgan fingerprint density at radius 2 is 1.65 bits per heavy atom. The zero-order valence-electron chi connectivity index (χ0n) is 10.7. The molecule has 5 heteroatoms. The number of carboxylic acids is 1. The summed E-state index contributed by atoms with van der Waals surface area (Å²) in [5, 5.41) is 11.7. The number of anilines is 1. The van der Waals surface area contributed by atoms with Crippen molar-refractivity contribution < 1.29 is 14.7 Å². The maximum Gasteiger partial charge on any atom is 0.335 e. The largest absolute Gasteiger partial charge is 0.478 e. The summed E-state index contributed by atoms with van der Waals surface area (Å²) in [5.41, 5.74) is 2.09. The molecule has 20 heavy (non-hydrogen) atoms. The molecule has 1 amide bonds. The van der Waals surface area contributed by atoms with E-state index in [-0.39, 0.29) is 11.5 Å². The van der Waals surface area contributed by atoms with Gasteiger partial charge in [-0.05, 0) is 77.5 Å². The minimum Gasteiger partial charge on any atom is -0.478 e. The van der Waals surface area contributed by atoms with Gasteiger partial charge in [0.25, 0.3) is 5.91 Å². The Bertz CT molecular complexity index is 665. The maximum absolute atomic E-state index is 12.1. The van der Waals surface area contributed by atoms with E-state index in [0.717, 1.165) is 3.57 Å². The fourth-order valence-electron chi connectivity index (χ4n) is 1.73. The second kappa shape index (κ2) is 6.04. The first-order valence-electron chi connectivity index (χ1n) is 5.88.